The maximum absolute atomic E-state index is 12.3. The zero-order valence-electron chi connectivity index (χ0n) is 15.3. The number of rotatable bonds is 5. The van der Waals surface area contributed by atoms with Gasteiger partial charge in [0, 0.05) is 31.4 Å². The van der Waals surface area contributed by atoms with E-state index < -0.39 is 0 Å². The number of morpholine rings is 1. The van der Waals surface area contributed by atoms with Gasteiger partial charge in [0.1, 0.15) is 5.82 Å². The monoisotopic (exact) mass is 365 g/mol. The number of anilines is 1. The first-order valence-corrected chi connectivity index (χ1v) is 8.98. The van der Waals surface area contributed by atoms with E-state index in [9.17, 15) is 4.79 Å². The Morgan fingerprint density at radius 1 is 1.30 bits per heavy atom. The molecule has 27 heavy (non-hydrogen) atoms. The zero-order chi connectivity index (χ0) is 19.1. The van der Waals surface area contributed by atoms with E-state index in [2.05, 4.69) is 26.6 Å². The van der Waals surface area contributed by atoms with Crippen molar-refractivity contribution >= 4 is 11.8 Å². The number of carbonyl (C=O) groups excluding carboxylic acids is 1. The molecule has 7 heteroatoms. The van der Waals surface area contributed by atoms with Gasteiger partial charge in [0.05, 0.1) is 30.9 Å². The summed E-state index contributed by atoms with van der Waals surface area (Å²) in [5.41, 5.74) is 2.52. The number of hydrogen-bond acceptors (Lipinski definition) is 5. The summed E-state index contributed by atoms with van der Waals surface area (Å²) < 4.78 is 5.39. The van der Waals surface area contributed by atoms with Crippen molar-refractivity contribution in [1.82, 2.24) is 15.6 Å². The van der Waals surface area contributed by atoms with Gasteiger partial charge in [0.25, 0.3) is 0 Å². The van der Waals surface area contributed by atoms with Crippen LogP contribution in [-0.4, -0.2) is 37.3 Å². The van der Waals surface area contributed by atoms with Crippen molar-refractivity contribution in [2.24, 2.45) is 0 Å². The number of ether oxygens (including phenoxy) is 1. The lowest BCUT2D eigenvalue weighted by atomic mass is 10.1. The van der Waals surface area contributed by atoms with Gasteiger partial charge in [-0.05, 0) is 30.7 Å². The lowest BCUT2D eigenvalue weighted by molar-refractivity contribution is 0.122. The molecule has 1 aromatic heterocycles. The number of nitrogens with one attached hydrogen (secondary N) is 2. The van der Waals surface area contributed by atoms with E-state index in [4.69, 9.17) is 10.00 Å². The number of aromatic nitrogens is 1. The fourth-order valence-corrected chi connectivity index (χ4v) is 2.98. The fourth-order valence-electron chi connectivity index (χ4n) is 2.98. The molecule has 0 spiro atoms. The summed E-state index contributed by atoms with van der Waals surface area (Å²) in [5.74, 6) is 0.890. The van der Waals surface area contributed by atoms with Gasteiger partial charge in [0.15, 0.2) is 0 Å². The quantitative estimate of drug-likeness (QED) is 0.849. The summed E-state index contributed by atoms with van der Waals surface area (Å²) in [6.07, 6.45) is 1.77. The van der Waals surface area contributed by atoms with E-state index >= 15 is 0 Å². The number of amides is 2. The Balaban J connectivity index is 1.56. The van der Waals surface area contributed by atoms with Crippen LogP contribution in [0.25, 0.3) is 0 Å². The van der Waals surface area contributed by atoms with Crippen LogP contribution >= 0.6 is 0 Å². The van der Waals surface area contributed by atoms with Crippen LogP contribution in [0, 0.1) is 11.3 Å². The molecule has 2 heterocycles. The molecule has 1 saturated heterocycles. The number of urea groups is 1. The molecule has 0 aliphatic carbocycles. The van der Waals surface area contributed by atoms with Gasteiger partial charge in [-0.3, -0.25) is 0 Å². The average Bonchev–Trinajstić information content (AvgIpc) is 2.73. The SMILES string of the molecule is CC(NC(=O)NCc1cccnc1N1CCOCC1)c1ccc(C#N)cc1. The highest BCUT2D eigenvalue weighted by Gasteiger charge is 2.16. The summed E-state index contributed by atoms with van der Waals surface area (Å²) in [5, 5.41) is 14.7. The second-order valence-corrected chi connectivity index (χ2v) is 6.37. The van der Waals surface area contributed by atoms with Crippen LogP contribution in [0.5, 0.6) is 0 Å². The maximum atomic E-state index is 12.3. The lowest BCUT2D eigenvalue weighted by Gasteiger charge is -2.29. The van der Waals surface area contributed by atoms with Crippen LogP contribution in [0.2, 0.25) is 0 Å². The Hall–Kier alpha value is -3.11. The topological polar surface area (TPSA) is 90.3 Å². The minimum atomic E-state index is -0.247. The van der Waals surface area contributed by atoms with Crippen LogP contribution < -0.4 is 15.5 Å². The minimum absolute atomic E-state index is 0.162. The van der Waals surface area contributed by atoms with Crippen LogP contribution in [0.3, 0.4) is 0 Å². The minimum Gasteiger partial charge on any atom is -0.378 e. The van der Waals surface area contributed by atoms with Crippen molar-refractivity contribution in [2.75, 3.05) is 31.2 Å². The molecular formula is C20H23N5O2. The molecule has 2 aromatic rings. The van der Waals surface area contributed by atoms with Gasteiger partial charge >= 0.3 is 6.03 Å². The first-order valence-electron chi connectivity index (χ1n) is 8.98. The molecule has 1 atom stereocenters. The van der Waals surface area contributed by atoms with E-state index in [1.165, 1.54) is 0 Å². The smallest absolute Gasteiger partial charge is 0.315 e. The van der Waals surface area contributed by atoms with Crippen LogP contribution in [0.4, 0.5) is 10.6 Å². The summed E-state index contributed by atoms with van der Waals surface area (Å²) in [6, 6.07) is 12.7. The van der Waals surface area contributed by atoms with Crippen molar-refractivity contribution < 1.29 is 9.53 Å². The van der Waals surface area contributed by atoms with E-state index in [0.29, 0.717) is 25.3 Å². The first kappa shape index (κ1) is 18.7. The van der Waals surface area contributed by atoms with Gasteiger partial charge in [-0.15, -0.1) is 0 Å². The number of benzene rings is 1. The van der Waals surface area contributed by atoms with Crippen LogP contribution in [0.1, 0.15) is 29.7 Å². The number of nitriles is 1. The largest absolute Gasteiger partial charge is 0.378 e. The summed E-state index contributed by atoms with van der Waals surface area (Å²) >= 11 is 0. The van der Waals surface area contributed by atoms with Crippen molar-refractivity contribution in [2.45, 2.75) is 19.5 Å². The van der Waals surface area contributed by atoms with Crippen LogP contribution in [-0.2, 0) is 11.3 Å². The fraction of sp³-hybridized carbons (Fsp3) is 0.350. The predicted molar refractivity (Wildman–Crippen MR) is 102 cm³/mol. The van der Waals surface area contributed by atoms with E-state index in [0.717, 1.165) is 30.0 Å². The molecule has 3 rings (SSSR count). The predicted octanol–water partition coefficient (Wildman–Crippen LogP) is 2.35. The zero-order valence-corrected chi connectivity index (χ0v) is 15.3. The molecule has 1 unspecified atom stereocenters. The molecule has 0 bridgehead atoms. The highest BCUT2D eigenvalue weighted by molar-refractivity contribution is 5.74. The third-order valence-electron chi connectivity index (χ3n) is 4.50. The Labute approximate surface area is 159 Å². The summed E-state index contributed by atoms with van der Waals surface area (Å²) in [4.78, 5) is 18.9. The Morgan fingerprint density at radius 2 is 2.04 bits per heavy atom. The molecule has 1 fully saturated rings. The molecule has 2 amide bonds. The number of hydrogen-bond donors (Lipinski definition) is 2. The Morgan fingerprint density at radius 3 is 2.74 bits per heavy atom. The summed E-state index contributed by atoms with van der Waals surface area (Å²) in [7, 11) is 0. The average molecular weight is 365 g/mol. The van der Waals surface area contributed by atoms with Crippen molar-refractivity contribution in [3.05, 3.63) is 59.3 Å². The van der Waals surface area contributed by atoms with E-state index in [-0.39, 0.29) is 12.1 Å². The second kappa shape index (κ2) is 9.01. The first-order chi connectivity index (χ1) is 13.2. The molecular weight excluding hydrogens is 342 g/mol. The number of nitrogens with zero attached hydrogens (tertiary/aromatic N) is 3. The third-order valence-corrected chi connectivity index (χ3v) is 4.50. The molecule has 1 aromatic carbocycles. The molecule has 2 N–H and O–H groups in total. The van der Waals surface area contributed by atoms with Crippen molar-refractivity contribution in [3.63, 3.8) is 0 Å². The van der Waals surface area contributed by atoms with Crippen LogP contribution in [0.15, 0.2) is 42.6 Å². The number of carbonyl (C=O) groups is 1. The molecule has 140 valence electrons. The van der Waals surface area contributed by atoms with Crippen molar-refractivity contribution in [1.29, 1.82) is 5.26 Å². The standard InChI is InChI=1S/C20H23N5O2/c1-15(17-6-4-16(13-21)5-7-17)24-20(26)23-14-18-3-2-8-22-19(18)25-9-11-27-12-10-25/h2-8,15H,9-12,14H2,1H3,(H2,23,24,26). The second-order valence-electron chi connectivity index (χ2n) is 6.37. The Bertz CT molecular complexity index is 810. The van der Waals surface area contributed by atoms with E-state index in [1.54, 1.807) is 18.3 Å². The maximum Gasteiger partial charge on any atom is 0.315 e. The van der Waals surface area contributed by atoms with E-state index in [1.807, 2.05) is 31.2 Å². The Kier molecular flexibility index (Phi) is 6.23. The van der Waals surface area contributed by atoms with Gasteiger partial charge in [-0.25, -0.2) is 9.78 Å². The van der Waals surface area contributed by atoms with Gasteiger partial charge in [-0.1, -0.05) is 18.2 Å². The summed E-state index contributed by atoms with van der Waals surface area (Å²) in [6.45, 7) is 5.27. The van der Waals surface area contributed by atoms with Gasteiger partial charge in [0.2, 0.25) is 0 Å². The normalized spacial score (nSPS) is 14.9. The lowest BCUT2D eigenvalue weighted by Crippen LogP contribution is -2.39. The third kappa shape index (κ3) is 4.96. The molecule has 1 aliphatic heterocycles. The number of pyridine rings is 1. The molecule has 1 aliphatic rings. The molecule has 0 saturated carbocycles. The highest BCUT2D eigenvalue weighted by atomic mass is 16.5. The highest BCUT2D eigenvalue weighted by Crippen LogP contribution is 2.18. The molecule has 0 radical (unpaired) electrons. The van der Waals surface area contributed by atoms with Gasteiger partial charge in [-0.2, -0.15) is 5.26 Å². The molecule has 7 nitrogen and oxygen atoms in total. The van der Waals surface area contributed by atoms with Gasteiger partial charge < -0.3 is 20.3 Å². The van der Waals surface area contributed by atoms with Crippen molar-refractivity contribution in [3.8, 4) is 6.07 Å².